The van der Waals surface area contributed by atoms with Crippen molar-refractivity contribution >= 4 is 5.78 Å². The zero-order chi connectivity index (χ0) is 12.6. The molecule has 1 aliphatic rings. The molecule has 0 saturated heterocycles. The lowest BCUT2D eigenvalue weighted by Gasteiger charge is -2.32. The van der Waals surface area contributed by atoms with Crippen LogP contribution in [-0.2, 0) is 4.79 Å². The van der Waals surface area contributed by atoms with Crippen LogP contribution in [-0.4, -0.2) is 11.3 Å². The second-order valence-corrected chi connectivity index (χ2v) is 5.80. The van der Waals surface area contributed by atoms with Crippen LogP contribution in [0.15, 0.2) is 0 Å². The lowest BCUT2D eigenvalue weighted by molar-refractivity contribution is -0.120. The number of hydrogen-bond donors (Lipinski definition) is 1. The average molecular weight is 239 g/mol. The number of hydrogen-bond acceptors (Lipinski definition) is 2. The second-order valence-electron chi connectivity index (χ2n) is 5.80. The van der Waals surface area contributed by atoms with Crippen LogP contribution in [0.25, 0.3) is 0 Å². The summed E-state index contributed by atoms with van der Waals surface area (Å²) in [5.74, 6) is 0.394. The number of carbonyl (C=O) groups excluding carboxylic acids is 1. The zero-order valence-electron chi connectivity index (χ0n) is 11.5. The minimum Gasteiger partial charge on any atom is -0.325 e. The molecular formula is C15H29NO. The smallest absolute Gasteiger partial charge is 0.134 e. The summed E-state index contributed by atoms with van der Waals surface area (Å²) < 4.78 is 0. The molecule has 1 saturated carbocycles. The van der Waals surface area contributed by atoms with E-state index in [1.807, 2.05) is 0 Å². The molecule has 2 heteroatoms. The number of carbonyl (C=O) groups is 1. The van der Waals surface area contributed by atoms with Crippen molar-refractivity contribution in [1.82, 2.24) is 0 Å². The minimum absolute atomic E-state index is 0.154. The number of rotatable bonds is 8. The predicted molar refractivity (Wildman–Crippen MR) is 73.0 cm³/mol. The predicted octanol–water partition coefficient (Wildman–Crippen LogP) is 3.97. The molecule has 0 amide bonds. The van der Waals surface area contributed by atoms with Crippen LogP contribution in [0.1, 0.15) is 84.0 Å². The molecule has 0 aliphatic heterocycles. The summed E-state index contributed by atoms with van der Waals surface area (Å²) in [5.41, 5.74) is 6.14. The lowest BCUT2D eigenvalue weighted by atomic mass is 9.78. The van der Waals surface area contributed by atoms with Crippen LogP contribution in [0.2, 0.25) is 0 Å². The van der Waals surface area contributed by atoms with Gasteiger partial charge in [-0.25, -0.2) is 0 Å². The fourth-order valence-electron chi connectivity index (χ4n) is 2.84. The molecule has 1 fully saturated rings. The largest absolute Gasteiger partial charge is 0.325 e. The molecule has 100 valence electrons. The molecule has 2 nitrogen and oxygen atoms in total. The molecule has 2 N–H and O–H groups in total. The van der Waals surface area contributed by atoms with Crippen molar-refractivity contribution in [2.24, 2.45) is 5.73 Å². The van der Waals surface area contributed by atoms with Gasteiger partial charge in [0.05, 0.1) is 0 Å². The third-order valence-electron chi connectivity index (χ3n) is 3.96. The van der Waals surface area contributed by atoms with Gasteiger partial charge in [-0.05, 0) is 19.3 Å². The maximum atomic E-state index is 11.9. The monoisotopic (exact) mass is 239 g/mol. The normalized spacial score (nSPS) is 19.2. The van der Waals surface area contributed by atoms with Gasteiger partial charge in [-0.1, -0.05) is 51.9 Å². The SMILES string of the molecule is CCCCCCCC(=O)CC1(N)CCCCC1. The molecule has 0 unspecified atom stereocenters. The van der Waals surface area contributed by atoms with E-state index in [2.05, 4.69) is 6.92 Å². The minimum atomic E-state index is -0.154. The summed E-state index contributed by atoms with van der Waals surface area (Å²) in [6.45, 7) is 2.21. The van der Waals surface area contributed by atoms with Gasteiger partial charge in [0.2, 0.25) is 0 Å². The van der Waals surface area contributed by atoms with E-state index in [-0.39, 0.29) is 5.54 Å². The van der Waals surface area contributed by atoms with Crippen molar-refractivity contribution < 1.29 is 4.79 Å². The molecule has 0 atom stereocenters. The fraction of sp³-hybridized carbons (Fsp3) is 0.933. The Morgan fingerprint density at radius 2 is 1.71 bits per heavy atom. The van der Waals surface area contributed by atoms with E-state index in [1.54, 1.807) is 0 Å². The highest BCUT2D eigenvalue weighted by Crippen LogP contribution is 2.29. The maximum Gasteiger partial charge on any atom is 0.134 e. The molecule has 0 aromatic carbocycles. The van der Waals surface area contributed by atoms with Gasteiger partial charge in [-0.2, -0.15) is 0 Å². The molecule has 1 rings (SSSR count). The van der Waals surface area contributed by atoms with Crippen molar-refractivity contribution in [1.29, 1.82) is 0 Å². The molecule has 0 spiro atoms. The van der Waals surface area contributed by atoms with Gasteiger partial charge in [0.1, 0.15) is 5.78 Å². The van der Waals surface area contributed by atoms with Gasteiger partial charge in [-0.3, -0.25) is 4.79 Å². The van der Waals surface area contributed by atoms with Crippen molar-refractivity contribution in [3.63, 3.8) is 0 Å². The van der Waals surface area contributed by atoms with E-state index >= 15 is 0 Å². The van der Waals surface area contributed by atoms with Crippen molar-refractivity contribution in [3.8, 4) is 0 Å². The van der Waals surface area contributed by atoms with E-state index in [0.717, 1.165) is 25.7 Å². The number of nitrogens with two attached hydrogens (primary N) is 1. The van der Waals surface area contributed by atoms with Crippen molar-refractivity contribution in [3.05, 3.63) is 0 Å². The number of Topliss-reactive ketones (excluding diaryl/α,β-unsaturated/α-hetero) is 1. The van der Waals surface area contributed by atoms with Gasteiger partial charge in [0.25, 0.3) is 0 Å². The molecule has 0 aromatic heterocycles. The molecule has 0 bridgehead atoms. The van der Waals surface area contributed by atoms with E-state index in [0.29, 0.717) is 12.2 Å². The fourth-order valence-corrected chi connectivity index (χ4v) is 2.84. The molecular weight excluding hydrogens is 210 g/mol. The van der Waals surface area contributed by atoms with E-state index in [9.17, 15) is 4.79 Å². The Labute approximate surface area is 106 Å². The first-order valence-electron chi connectivity index (χ1n) is 7.47. The standard InChI is InChI=1S/C15H29NO/c1-2-3-4-5-7-10-14(17)13-15(16)11-8-6-9-12-15/h2-13,16H2,1H3. The Bertz CT molecular complexity index is 219. The topological polar surface area (TPSA) is 43.1 Å². The van der Waals surface area contributed by atoms with Crippen LogP contribution < -0.4 is 5.73 Å². The Morgan fingerprint density at radius 1 is 1.06 bits per heavy atom. The van der Waals surface area contributed by atoms with E-state index in [4.69, 9.17) is 5.73 Å². The van der Waals surface area contributed by atoms with Crippen LogP contribution >= 0.6 is 0 Å². The number of ketones is 1. The van der Waals surface area contributed by atoms with Crippen LogP contribution in [0, 0.1) is 0 Å². The van der Waals surface area contributed by atoms with Gasteiger partial charge >= 0.3 is 0 Å². The molecule has 0 aromatic rings. The summed E-state index contributed by atoms with van der Waals surface area (Å²) in [7, 11) is 0. The van der Waals surface area contributed by atoms with Crippen molar-refractivity contribution in [2.75, 3.05) is 0 Å². The maximum absolute atomic E-state index is 11.9. The molecule has 0 radical (unpaired) electrons. The Hall–Kier alpha value is -0.370. The zero-order valence-corrected chi connectivity index (χ0v) is 11.5. The Balaban J connectivity index is 2.11. The Morgan fingerprint density at radius 3 is 2.35 bits per heavy atom. The quantitative estimate of drug-likeness (QED) is 0.651. The summed E-state index contributed by atoms with van der Waals surface area (Å²) in [6.07, 6.45) is 13.3. The van der Waals surface area contributed by atoms with Crippen LogP contribution in [0.4, 0.5) is 0 Å². The first-order valence-corrected chi connectivity index (χ1v) is 7.47. The first-order chi connectivity index (χ1) is 8.16. The summed E-state index contributed by atoms with van der Waals surface area (Å²) in [6, 6.07) is 0. The molecule has 17 heavy (non-hydrogen) atoms. The molecule has 0 heterocycles. The van der Waals surface area contributed by atoms with Gasteiger partial charge in [-0.15, -0.1) is 0 Å². The van der Waals surface area contributed by atoms with Gasteiger partial charge in [0.15, 0.2) is 0 Å². The van der Waals surface area contributed by atoms with Gasteiger partial charge in [0, 0.05) is 18.4 Å². The lowest BCUT2D eigenvalue weighted by Crippen LogP contribution is -2.43. The highest BCUT2D eigenvalue weighted by molar-refractivity contribution is 5.79. The van der Waals surface area contributed by atoms with E-state index in [1.165, 1.54) is 44.9 Å². The summed E-state index contributed by atoms with van der Waals surface area (Å²) >= 11 is 0. The third kappa shape index (κ3) is 6.21. The van der Waals surface area contributed by atoms with Crippen LogP contribution in [0.3, 0.4) is 0 Å². The van der Waals surface area contributed by atoms with E-state index < -0.39 is 0 Å². The first kappa shape index (κ1) is 14.7. The Kier molecular flexibility index (Phi) is 6.79. The third-order valence-corrected chi connectivity index (χ3v) is 3.96. The summed E-state index contributed by atoms with van der Waals surface area (Å²) in [5, 5.41) is 0. The van der Waals surface area contributed by atoms with Gasteiger partial charge < -0.3 is 5.73 Å². The number of unbranched alkanes of at least 4 members (excludes halogenated alkanes) is 4. The molecule has 1 aliphatic carbocycles. The highest BCUT2D eigenvalue weighted by Gasteiger charge is 2.29. The summed E-state index contributed by atoms with van der Waals surface area (Å²) in [4.78, 5) is 11.9. The highest BCUT2D eigenvalue weighted by atomic mass is 16.1. The second kappa shape index (κ2) is 7.86. The average Bonchev–Trinajstić information content (AvgIpc) is 2.29. The van der Waals surface area contributed by atoms with Crippen molar-refractivity contribution in [2.45, 2.75) is 89.5 Å². The van der Waals surface area contributed by atoms with Crippen LogP contribution in [0.5, 0.6) is 0 Å².